The Morgan fingerprint density at radius 2 is 1.88 bits per heavy atom. The molecule has 4 rings (SSSR count). The van der Waals surface area contributed by atoms with Gasteiger partial charge in [0.1, 0.15) is 0 Å². The third-order valence-electron chi connectivity index (χ3n) is 6.11. The number of ether oxygens (including phenoxy) is 1. The van der Waals surface area contributed by atoms with Crippen LogP contribution in [-0.2, 0) is 16.1 Å². The van der Waals surface area contributed by atoms with E-state index in [2.05, 4.69) is 9.88 Å². The molecule has 0 radical (unpaired) electrons. The van der Waals surface area contributed by atoms with Crippen molar-refractivity contribution < 1.29 is 9.53 Å². The lowest BCUT2D eigenvalue weighted by atomic mass is 9.80. The maximum absolute atomic E-state index is 12.8. The molecule has 2 aromatic carbocycles. The topological polar surface area (TPSA) is 84.4 Å². The number of hydrogen-bond acceptors (Lipinski definition) is 5. The minimum Gasteiger partial charge on any atom is -0.466 e. The van der Waals surface area contributed by atoms with E-state index in [0.29, 0.717) is 35.6 Å². The summed E-state index contributed by atoms with van der Waals surface area (Å²) in [5.74, 6) is -0.510. The highest BCUT2D eigenvalue weighted by Gasteiger charge is 2.36. The number of piperidine rings is 1. The SMILES string of the molecule is CCOC(=O)[C@@H]1CN(CCn2c(=O)[nH]c3ccccc3c2=O)CC[C@@H]1c1ccc(Cl)cc1. The van der Waals surface area contributed by atoms with Crippen LogP contribution in [0.4, 0.5) is 0 Å². The number of carbonyl (C=O) groups is 1. The van der Waals surface area contributed by atoms with Gasteiger partial charge in [-0.05, 0) is 55.6 Å². The number of H-pyrrole nitrogens is 1. The van der Waals surface area contributed by atoms with Crippen molar-refractivity contribution in [2.45, 2.75) is 25.8 Å². The predicted octanol–water partition coefficient (Wildman–Crippen LogP) is 3.01. The third-order valence-corrected chi connectivity index (χ3v) is 6.37. The summed E-state index contributed by atoms with van der Waals surface area (Å²) in [4.78, 5) is 42.9. The van der Waals surface area contributed by atoms with Crippen molar-refractivity contribution >= 4 is 28.5 Å². The number of hydrogen-bond donors (Lipinski definition) is 1. The number of fused-ring (bicyclic) bond motifs is 1. The molecular formula is C24H26ClN3O4. The second-order valence-corrected chi connectivity index (χ2v) is 8.47. The zero-order chi connectivity index (χ0) is 22.7. The summed E-state index contributed by atoms with van der Waals surface area (Å²) in [7, 11) is 0. The fraction of sp³-hybridized carbons (Fsp3) is 0.375. The summed E-state index contributed by atoms with van der Waals surface area (Å²) in [6.45, 7) is 4.12. The summed E-state index contributed by atoms with van der Waals surface area (Å²) in [6.07, 6.45) is 0.772. The van der Waals surface area contributed by atoms with Crippen LogP contribution in [-0.4, -0.2) is 46.7 Å². The van der Waals surface area contributed by atoms with E-state index in [1.807, 2.05) is 24.3 Å². The number of rotatable bonds is 6. The zero-order valence-electron chi connectivity index (χ0n) is 17.9. The average Bonchev–Trinajstić information content (AvgIpc) is 2.79. The van der Waals surface area contributed by atoms with E-state index in [9.17, 15) is 14.4 Å². The predicted molar refractivity (Wildman–Crippen MR) is 124 cm³/mol. The largest absolute Gasteiger partial charge is 0.466 e. The van der Waals surface area contributed by atoms with E-state index in [0.717, 1.165) is 18.5 Å². The first-order valence-electron chi connectivity index (χ1n) is 10.8. The lowest BCUT2D eigenvalue weighted by Gasteiger charge is -2.37. The van der Waals surface area contributed by atoms with Crippen molar-refractivity contribution in [1.82, 2.24) is 14.5 Å². The molecule has 0 bridgehead atoms. The summed E-state index contributed by atoms with van der Waals surface area (Å²) < 4.78 is 6.58. The number of aromatic amines is 1. The van der Waals surface area contributed by atoms with Gasteiger partial charge in [-0.1, -0.05) is 35.9 Å². The van der Waals surface area contributed by atoms with Gasteiger partial charge < -0.3 is 14.6 Å². The van der Waals surface area contributed by atoms with Gasteiger partial charge in [-0.3, -0.25) is 14.2 Å². The van der Waals surface area contributed by atoms with Crippen LogP contribution in [0, 0.1) is 5.92 Å². The summed E-state index contributed by atoms with van der Waals surface area (Å²) in [5, 5.41) is 1.14. The quantitative estimate of drug-likeness (QED) is 0.577. The number of nitrogens with one attached hydrogen (secondary N) is 1. The molecule has 0 unspecified atom stereocenters. The van der Waals surface area contributed by atoms with Gasteiger partial charge in [-0.25, -0.2) is 4.79 Å². The summed E-state index contributed by atoms with van der Waals surface area (Å²) in [5.41, 5.74) is 0.869. The van der Waals surface area contributed by atoms with Gasteiger partial charge in [-0.15, -0.1) is 0 Å². The Bertz CT molecular complexity index is 1220. The highest BCUT2D eigenvalue weighted by molar-refractivity contribution is 6.30. The molecular weight excluding hydrogens is 430 g/mol. The fourth-order valence-electron chi connectivity index (χ4n) is 4.46. The first-order valence-corrected chi connectivity index (χ1v) is 11.2. The highest BCUT2D eigenvalue weighted by atomic mass is 35.5. The van der Waals surface area contributed by atoms with Gasteiger partial charge in [-0.2, -0.15) is 0 Å². The molecule has 168 valence electrons. The lowest BCUT2D eigenvalue weighted by molar-refractivity contribution is -0.150. The molecule has 1 aliphatic heterocycles. The van der Waals surface area contributed by atoms with Crippen LogP contribution in [0.25, 0.3) is 10.9 Å². The van der Waals surface area contributed by atoms with Crippen LogP contribution in [0.3, 0.4) is 0 Å². The molecule has 2 heterocycles. The molecule has 0 aliphatic carbocycles. The lowest BCUT2D eigenvalue weighted by Crippen LogP contribution is -2.46. The minimum atomic E-state index is -0.424. The van der Waals surface area contributed by atoms with Gasteiger partial charge in [0.15, 0.2) is 0 Å². The molecule has 1 aromatic heterocycles. The Hall–Kier alpha value is -2.90. The first-order chi connectivity index (χ1) is 15.5. The van der Waals surface area contributed by atoms with Gasteiger partial charge in [0.05, 0.1) is 23.4 Å². The summed E-state index contributed by atoms with van der Waals surface area (Å²) in [6, 6.07) is 14.6. The van der Waals surface area contributed by atoms with Crippen molar-refractivity contribution in [3.05, 3.63) is 80.0 Å². The van der Waals surface area contributed by atoms with Crippen LogP contribution in [0.15, 0.2) is 58.1 Å². The number of aromatic nitrogens is 2. The van der Waals surface area contributed by atoms with E-state index in [4.69, 9.17) is 16.3 Å². The van der Waals surface area contributed by atoms with E-state index in [1.54, 1.807) is 31.2 Å². The molecule has 1 saturated heterocycles. The van der Waals surface area contributed by atoms with Gasteiger partial charge in [0.25, 0.3) is 5.56 Å². The second kappa shape index (κ2) is 9.71. The van der Waals surface area contributed by atoms with Crippen LogP contribution < -0.4 is 11.2 Å². The van der Waals surface area contributed by atoms with E-state index in [-0.39, 0.29) is 29.9 Å². The molecule has 3 aromatic rings. The second-order valence-electron chi connectivity index (χ2n) is 8.04. The van der Waals surface area contributed by atoms with Gasteiger partial charge in [0, 0.05) is 24.7 Å². The van der Waals surface area contributed by atoms with Crippen molar-refractivity contribution in [2.24, 2.45) is 5.92 Å². The third kappa shape index (κ3) is 4.64. The highest BCUT2D eigenvalue weighted by Crippen LogP contribution is 2.34. The van der Waals surface area contributed by atoms with E-state index >= 15 is 0 Å². The molecule has 0 spiro atoms. The average molecular weight is 456 g/mol. The maximum Gasteiger partial charge on any atom is 0.328 e. The number of nitrogens with zero attached hydrogens (tertiary/aromatic N) is 2. The number of likely N-dealkylation sites (tertiary alicyclic amines) is 1. The molecule has 0 saturated carbocycles. The van der Waals surface area contributed by atoms with Crippen molar-refractivity contribution in [3.8, 4) is 0 Å². The van der Waals surface area contributed by atoms with Gasteiger partial charge in [0.2, 0.25) is 0 Å². The Labute approximate surface area is 190 Å². The first kappa shape index (κ1) is 22.3. The van der Waals surface area contributed by atoms with E-state index in [1.165, 1.54) is 4.57 Å². The molecule has 7 nitrogen and oxygen atoms in total. The van der Waals surface area contributed by atoms with Crippen molar-refractivity contribution in [1.29, 1.82) is 0 Å². The van der Waals surface area contributed by atoms with Crippen LogP contribution in [0.1, 0.15) is 24.8 Å². The number of para-hydroxylation sites is 1. The molecule has 2 atom stereocenters. The van der Waals surface area contributed by atoms with Crippen LogP contribution in [0.2, 0.25) is 5.02 Å². The number of benzene rings is 2. The Morgan fingerprint density at radius 3 is 2.62 bits per heavy atom. The normalized spacial score (nSPS) is 19.2. The number of esters is 1. The van der Waals surface area contributed by atoms with Crippen molar-refractivity contribution in [2.75, 3.05) is 26.2 Å². The summed E-state index contributed by atoms with van der Waals surface area (Å²) >= 11 is 6.03. The van der Waals surface area contributed by atoms with Crippen molar-refractivity contribution in [3.63, 3.8) is 0 Å². The van der Waals surface area contributed by atoms with Crippen LogP contribution in [0.5, 0.6) is 0 Å². The molecule has 8 heteroatoms. The molecule has 0 amide bonds. The van der Waals surface area contributed by atoms with E-state index < -0.39 is 5.69 Å². The fourth-order valence-corrected chi connectivity index (χ4v) is 4.59. The Kier molecular flexibility index (Phi) is 6.77. The Balaban J connectivity index is 1.52. The monoisotopic (exact) mass is 455 g/mol. The maximum atomic E-state index is 12.8. The molecule has 1 N–H and O–H groups in total. The smallest absolute Gasteiger partial charge is 0.328 e. The minimum absolute atomic E-state index is 0.0364. The van der Waals surface area contributed by atoms with Gasteiger partial charge >= 0.3 is 11.7 Å². The molecule has 1 aliphatic rings. The zero-order valence-corrected chi connectivity index (χ0v) is 18.7. The van der Waals surface area contributed by atoms with Crippen LogP contribution >= 0.6 is 11.6 Å². The standard InChI is InChI=1S/C24H26ClN3O4/c1-2-32-23(30)20-15-27(12-11-18(20)16-7-9-17(25)10-8-16)13-14-28-22(29)19-5-3-4-6-21(19)26-24(28)31/h3-10,18,20H,2,11-15H2,1H3,(H,26,31)/t18-,20-/m1/s1. The molecule has 32 heavy (non-hydrogen) atoms. The number of carbonyl (C=O) groups excluding carboxylic acids is 1. The molecule has 1 fully saturated rings. The Morgan fingerprint density at radius 1 is 1.12 bits per heavy atom. The number of halogens is 1.